The SMILES string of the molecule is Cc1sc2ncnc(N3CCCCC3)c2c1C(=O)Nc1ccc(C(C)C)cc1. The van der Waals surface area contributed by atoms with E-state index >= 15 is 0 Å². The molecule has 0 bridgehead atoms. The second-order valence-electron chi connectivity index (χ2n) is 7.69. The minimum absolute atomic E-state index is 0.0888. The molecule has 3 aromatic rings. The zero-order chi connectivity index (χ0) is 19.7. The molecule has 0 unspecified atom stereocenters. The number of nitrogens with one attached hydrogen (secondary N) is 1. The number of fused-ring (bicyclic) bond motifs is 1. The van der Waals surface area contributed by atoms with E-state index in [9.17, 15) is 4.79 Å². The monoisotopic (exact) mass is 394 g/mol. The molecule has 0 spiro atoms. The zero-order valence-corrected chi connectivity index (χ0v) is 17.5. The van der Waals surface area contributed by atoms with Crippen LogP contribution < -0.4 is 10.2 Å². The van der Waals surface area contributed by atoms with E-state index in [-0.39, 0.29) is 5.91 Å². The molecule has 4 rings (SSSR count). The summed E-state index contributed by atoms with van der Waals surface area (Å²) in [5.74, 6) is 1.28. The van der Waals surface area contributed by atoms with Gasteiger partial charge in [-0.3, -0.25) is 4.79 Å². The molecule has 3 heterocycles. The zero-order valence-electron chi connectivity index (χ0n) is 16.7. The highest BCUT2D eigenvalue weighted by molar-refractivity contribution is 7.19. The lowest BCUT2D eigenvalue weighted by atomic mass is 10.0. The molecule has 1 aliphatic rings. The first-order chi connectivity index (χ1) is 13.5. The summed E-state index contributed by atoms with van der Waals surface area (Å²) in [5.41, 5.74) is 2.77. The maximum Gasteiger partial charge on any atom is 0.257 e. The second-order valence-corrected chi connectivity index (χ2v) is 8.89. The highest BCUT2D eigenvalue weighted by Crippen LogP contribution is 2.36. The molecular weight excluding hydrogens is 368 g/mol. The topological polar surface area (TPSA) is 58.1 Å². The third-order valence-corrected chi connectivity index (χ3v) is 6.38. The van der Waals surface area contributed by atoms with Crippen molar-refractivity contribution in [3.8, 4) is 0 Å². The first kappa shape index (κ1) is 18.9. The minimum atomic E-state index is -0.0888. The van der Waals surface area contributed by atoms with Gasteiger partial charge in [-0.25, -0.2) is 9.97 Å². The quantitative estimate of drug-likeness (QED) is 0.647. The standard InChI is InChI=1S/C22H26N4OS/c1-14(2)16-7-9-17(10-8-16)25-21(27)18-15(3)28-22-19(18)20(23-13-24-22)26-11-5-4-6-12-26/h7-10,13-14H,4-6,11-12H2,1-3H3,(H,25,27). The Morgan fingerprint density at radius 2 is 1.82 bits per heavy atom. The van der Waals surface area contributed by atoms with Gasteiger partial charge in [0.25, 0.3) is 5.91 Å². The number of benzene rings is 1. The van der Waals surface area contributed by atoms with Gasteiger partial charge in [0.1, 0.15) is 17.0 Å². The number of carbonyl (C=O) groups excluding carboxylic acids is 1. The Morgan fingerprint density at radius 3 is 2.50 bits per heavy atom. The fourth-order valence-corrected chi connectivity index (χ4v) is 4.77. The van der Waals surface area contributed by atoms with Crippen LogP contribution in [-0.4, -0.2) is 29.0 Å². The number of hydrogen-bond donors (Lipinski definition) is 1. The molecule has 1 fully saturated rings. The van der Waals surface area contributed by atoms with Crippen LogP contribution in [0.15, 0.2) is 30.6 Å². The van der Waals surface area contributed by atoms with E-state index in [2.05, 4.69) is 46.2 Å². The number of nitrogens with zero attached hydrogens (tertiary/aromatic N) is 3. The Hall–Kier alpha value is -2.47. The number of aromatic nitrogens is 2. The van der Waals surface area contributed by atoms with Gasteiger partial charge in [-0.15, -0.1) is 11.3 Å². The second kappa shape index (κ2) is 7.87. The van der Waals surface area contributed by atoms with Gasteiger partial charge >= 0.3 is 0 Å². The Bertz CT molecular complexity index is 988. The van der Waals surface area contributed by atoms with Crippen LogP contribution in [0.1, 0.15) is 59.8 Å². The van der Waals surface area contributed by atoms with Gasteiger partial charge in [-0.05, 0) is 49.8 Å². The normalized spacial score (nSPS) is 14.6. The van der Waals surface area contributed by atoms with Gasteiger partial charge in [0, 0.05) is 23.7 Å². The molecule has 0 aliphatic carbocycles. The van der Waals surface area contributed by atoms with Crippen molar-refractivity contribution in [2.75, 3.05) is 23.3 Å². The molecule has 2 aromatic heterocycles. The molecule has 1 N–H and O–H groups in total. The number of anilines is 2. The first-order valence-electron chi connectivity index (χ1n) is 9.95. The predicted octanol–water partition coefficient (Wildman–Crippen LogP) is 5.37. The fourth-order valence-electron chi connectivity index (χ4n) is 3.79. The van der Waals surface area contributed by atoms with Crippen LogP contribution in [-0.2, 0) is 0 Å². The highest BCUT2D eigenvalue weighted by atomic mass is 32.1. The summed E-state index contributed by atoms with van der Waals surface area (Å²) in [7, 11) is 0. The van der Waals surface area contributed by atoms with E-state index in [1.54, 1.807) is 17.7 Å². The molecule has 0 saturated carbocycles. The maximum atomic E-state index is 13.2. The molecule has 6 heteroatoms. The van der Waals surface area contributed by atoms with E-state index in [0.717, 1.165) is 39.7 Å². The predicted molar refractivity (Wildman–Crippen MR) is 117 cm³/mol. The van der Waals surface area contributed by atoms with Crippen LogP contribution in [0, 0.1) is 6.92 Å². The summed E-state index contributed by atoms with van der Waals surface area (Å²) >= 11 is 1.56. The summed E-state index contributed by atoms with van der Waals surface area (Å²) in [6.07, 6.45) is 5.21. The van der Waals surface area contributed by atoms with Crippen molar-refractivity contribution in [1.82, 2.24) is 9.97 Å². The van der Waals surface area contributed by atoms with E-state index < -0.39 is 0 Å². The van der Waals surface area contributed by atoms with E-state index in [4.69, 9.17) is 0 Å². The summed E-state index contributed by atoms with van der Waals surface area (Å²) in [5, 5.41) is 3.96. The lowest BCUT2D eigenvalue weighted by molar-refractivity contribution is 0.102. The summed E-state index contributed by atoms with van der Waals surface area (Å²) in [6.45, 7) is 8.29. The lowest BCUT2D eigenvalue weighted by Crippen LogP contribution is -2.30. The number of thiophene rings is 1. The third-order valence-electron chi connectivity index (χ3n) is 5.36. The van der Waals surface area contributed by atoms with E-state index in [0.29, 0.717) is 11.5 Å². The van der Waals surface area contributed by atoms with Crippen LogP contribution in [0.2, 0.25) is 0 Å². The van der Waals surface area contributed by atoms with Gasteiger partial charge in [0.2, 0.25) is 0 Å². The molecule has 0 atom stereocenters. The van der Waals surface area contributed by atoms with Gasteiger partial charge in [0.05, 0.1) is 10.9 Å². The van der Waals surface area contributed by atoms with Crippen molar-refractivity contribution in [1.29, 1.82) is 0 Å². The van der Waals surface area contributed by atoms with Crippen LogP contribution in [0.5, 0.6) is 0 Å². The lowest BCUT2D eigenvalue weighted by Gasteiger charge is -2.28. The summed E-state index contributed by atoms with van der Waals surface area (Å²) in [4.78, 5) is 26.4. The van der Waals surface area contributed by atoms with E-state index in [1.807, 2.05) is 19.1 Å². The average molecular weight is 395 g/mol. The van der Waals surface area contributed by atoms with Gasteiger partial charge < -0.3 is 10.2 Å². The Balaban J connectivity index is 1.69. The van der Waals surface area contributed by atoms with Crippen LogP contribution in [0.25, 0.3) is 10.2 Å². The average Bonchev–Trinajstić information content (AvgIpc) is 3.05. The van der Waals surface area contributed by atoms with Crippen molar-refractivity contribution in [2.24, 2.45) is 0 Å². The van der Waals surface area contributed by atoms with Crippen LogP contribution >= 0.6 is 11.3 Å². The molecule has 28 heavy (non-hydrogen) atoms. The Morgan fingerprint density at radius 1 is 1.11 bits per heavy atom. The number of amides is 1. The van der Waals surface area contributed by atoms with Gasteiger partial charge in [0.15, 0.2) is 0 Å². The van der Waals surface area contributed by atoms with Crippen molar-refractivity contribution >= 4 is 39.0 Å². The molecule has 1 amide bonds. The fraction of sp³-hybridized carbons (Fsp3) is 0.409. The number of carbonyl (C=O) groups is 1. The van der Waals surface area contributed by atoms with Crippen LogP contribution in [0.3, 0.4) is 0 Å². The molecule has 1 aromatic carbocycles. The van der Waals surface area contributed by atoms with E-state index in [1.165, 1.54) is 24.8 Å². The molecular formula is C22H26N4OS. The number of aryl methyl sites for hydroxylation is 1. The Labute approximate surface area is 169 Å². The molecule has 1 aliphatic heterocycles. The Kier molecular flexibility index (Phi) is 5.31. The largest absolute Gasteiger partial charge is 0.356 e. The van der Waals surface area contributed by atoms with Crippen molar-refractivity contribution in [3.63, 3.8) is 0 Å². The minimum Gasteiger partial charge on any atom is -0.356 e. The van der Waals surface area contributed by atoms with Crippen molar-refractivity contribution in [3.05, 3.63) is 46.6 Å². The first-order valence-corrected chi connectivity index (χ1v) is 10.8. The van der Waals surface area contributed by atoms with Crippen molar-refractivity contribution in [2.45, 2.75) is 46.0 Å². The molecule has 5 nitrogen and oxygen atoms in total. The molecule has 1 saturated heterocycles. The van der Waals surface area contributed by atoms with Crippen LogP contribution in [0.4, 0.5) is 11.5 Å². The number of piperidine rings is 1. The molecule has 0 radical (unpaired) electrons. The smallest absolute Gasteiger partial charge is 0.257 e. The summed E-state index contributed by atoms with van der Waals surface area (Å²) < 4.78 is 0. The highest BCUT2D eigenvalue weighted by Gasteiger charge is 2.24. The number of rotatable bonds is 4. The third kappa shape index (κ3) is 3.61. The maximum absolute atomic E-state index is 13.2. The number of hydrogen-bond acceptors (Lipinski definition) is 5. The van der Waals surface area contributed by atoms with Gasteiger partial charge in [-0.2, -0.15) is 0 Å². The van der Waals surface area contributed by atoms with Crippen molar-refractivity contribution < 1.29 is 4.79 Å². The summed E-state index contributed by atoms with van der Waals surface area (Å²) in [6, 6.07) is 8.08. The molecule has 146 valence electrons. The van der Waals surface area contributed by atoms with Gasteiger partial charge in [-0.1, -0.05) is 26.0 Å².